The first-order chi connectivity index (χ1) is 9.45. The van der Waals surface area contributed by atoms with Crippen molar-refractivity contribution >= 4 is 29.3 Å². The maximum atomic E-state index is 12.5. The highest BCUT2D eigenvalue weighted by atomic mass is 35.5. The third kappa shape index (κ3) is 4.14. The van der Waals surface area contributed by atoms with Crippen molar-refractivity contribution < 1.29 is 9.53 Å². The van der Waals surface area contributed by atoms with Crippen molar-refractivity contribution in [3.05, 3.63) is 29.3 Å². The van der Waals surface area contributed by atoms with E-state index in [9.17, 15) is 4.79 Å². The highest BCUT2D eigenvalue weighted by Gasteiger charge is 2.28. The molecule has 0 bridgehead atoms. The normalized spacial score (nSPS) is 24.5. The predicted molar refractivity (Wildman–Crippen MR) is 83.4 cm³/mol. The molecule has 1 heterocycles. The van der Waals surface area contributed by atoms with Crippen LogP contribution in [0.1, 0.15) is 20.8 Å². The van der Waals surface area contributed by atoms with E-state index in [2.05, 4.69) is 0 Å². The van der Waals surface area contributed by atoms with Crippen LogP contribution in [-0.2, 0) is 9.53 Å². The molecule has 0 aliphatic carbocycles. The molecule has 1 fully saturated rings. The van der Waals surface area contributed by atoms with Gasteiger partial charge in [0.15, 0.2) is 0 Å². The van der Waals surface area contributed by atoms with Crippen molar-refractivity contribution in [3.63, 3.8) is 0 Å². The van der Waals surface area contributed by atoms with E-state index in [0.29, 0.717) is 18.1 Å². The van der Waals surface area contributed by atoms with Crippen LogP contribution in [0.4, 0.5) is 0 Å². The van der Waals surface area contributed by atoms with Crippen LogP contribution >= 0.6 is 23.4 Å². The van der Waals surface area contributed by atoms with Crippen LogP contribution in [0.5, 0.6) is 0 Å². The number of carbonyl (C=O) groups excluding carboxylic acids is 1. The molecule has 3 nitrogen and oxygen atoms in total. The summed E-state index contributed by atoms with van der Waals surface area (Å²) in [6.45, 7) is 7.32. The Morgan fingerprint density at radius 3 is 2.40 bits per heavy atom. The summed E-state index contributed by atoms with van der Waals surface area (Å²) < 4.78 is 5.66. The topological polar surface area (TPSA) is 29.5 Å². The molecule has 1 aromatic carbocycles. The van der Waals surface area contributed by atoms with Crippen LogP contribution in [-0.4, -0.2) is 41.4 Å². The maximum Gasteiger partial charge on any atom is 0.235 e. The van der Waals surface area contributed by atoms with Crippen molar-refractivity contribution in [2.75, 3.05) is 13.1 Å². The molecule has 0 spiro atoms. The zero-order valence-corrected chi connectivity index (χ0v) is 13.6. The second-order valence-corrected chi connectivity index (χ2v) is 7.07. The minimum atomic E-state index is -0.103. The third-order valence-electron chi connectivity index (χ3n) is 3.21. The molecule has 1 aromatic rings. The van der Waals surface area contributed by atoms with E-state index in [1.165, 1.54) is 0 Å². The monoisotopic (exact) mass is 313 g/mol. The van der Waals surface area contributed by atoms with Gasteiger partial charge in [0.05, 0.1) is 17.5 Å². The Morgan fingerprint density at radius 2 is 1.85 bits per heavy atom. The van der Waals surface area contributed by atoms with Gasteiger partial charge in [0.1, 0.15) is 0 Å². The molecular formula is C15H20ClNO2S. The minimum absolute atomic E-state index is 0.103. The first-order valence-corrected chi connectivity index (χ1v) is 8.08. The van der Waals surface area contributed by atoms with Gasteiger partial charge in [-0.2, -0.15) is 0 Å². The van der Waals surface area contributed by atoms with E-state index >= 15 is 0 Å². The molecule has 3 unspecified atom stereocenters. The summed E-state index contributed by atoms with van der Waals surface area (Å²) in [6.07, 6.45) is 0.214. The van der Waals surface area contributed by atoms with Gasteiger partial charge < -0.3 is 9.64 Å². The average Bonchev–Trinajstić information content (AvgIpc) is 2.39. The Morgan fingerprint density at radius 1 is 1.30 bits per heavy atom. The highest BCUT2D eigenvalue weighted by Crippen LogP contribution is 2.26. The van der Waals surface area contributed by atoms with E-state index < -0.39 is 0 Å². The minimum Gasteiger partial charge on any atom is -0.372 e. The zero-order chi connectivity index (χ0) is 14.7. The number of ether oxygens (including phenoxy) is 1. The van der Waals surface area contributed by atoms with Crippen molar-refractivity contribution in [1.82, 2.24) is 4.90 Å². The molecule has 110 valence electrons. The number of carbonyl (C=O) groups is 1. The van der Waals surface area contributed by atoms with E-state index in [1.54, 1.807) is 11.8 Å². The molecule has 0 radical (unpaired) electrons. The number of halogens is 1. The molecule has 2 rings (SSSR count). The van der Waals surface area contributed by atoms with Gasteiger partial charge in [-0.05, 0) is 45.0 Å². The fraction of sp³-hybridized carbons (Fsp3) is 0.533. The summed E-state index contributed by atoms with van der Waals surface area (Å²) in [5.41, 5.74) is 0. The fourth-order valence-corrected chi connectivity index (χ4v) is 3.46. The van der Waals surface area contributed by atoms with E-state index in [0.717, 1.165) is 4.90 Å². The first-order valence-electron chi connectivity index (χ1n) is 6.82. The van der Waals surface area contributed by atoms with Crippen LogP contribution < -0.4 is 0 Å². The molecule has 0 aromatic heterocycles. The number of rotatable bonds is 3. The predicted octanol–water partition coefficient (Wildman–Crippen LogP) is 3.46. The molecule has 3 atom stereocenters. The lowest BCUT2D eigenvalue weighted by Gasteiger charge is -2.36. The van der Waals surface area contributed by atoms with Gasteiger partial charge >= 0.3 is 0 Å². The van der Waals surface area contributed by atoms with Gasteiger partial charge in [-0.15, -0.1) is 11.8 Å². The van der Waals surface area contributed by atoms with Crippen LogP contribution in [0.2, 0.25) is 5.02 Å². The summed E-state index contributed by atoms with van der Waals surface area (Å²) in [5, 5.41) is 0.609. The lowest BCUT2D eigenvalue weighted by atomic mass is 10.2. The summed E-state index contributed by atoms with van der Waals surface area (Å²) in [6, 6.07) is 7.59. The molecule has 20 heavy (non-hydrogen) atoms. The number of nitrogens with zero attached hydrogens (tertiary/aromatic N) is 1. The molecule has 0 N–H and O–H groups in total. The highest BCUT2D eigenvalue weighted by molar-refractivity contribution is 8.00. The van der Waals surface area contributed by atoms with Gasteiger partial charge in [0.25, 0.3) is 0 Å². The number of thioether (sulfide) groups is 1. The Bertz CT molecular complexity index is 455. The quantitative estimate of drug-likeness (QED) is 0.800. The van der Waals surface area contributed by atoms with Crippen molar-refractivity contribution in [1.29, 1.82) is 0 Å². The SMILES string of the molecule is CC1CN(C(=O)C(C)Sc2ccc(Cl)cc2)CC(C)O1. The number of hydrogen-bond acceptors (Lipinski definition) is 3. The molecule has 5 heteroatoms. The molecule has 1 saturated heterocycles. The van der Waals surface area contributed by atoms with Crippen LogP contribution in [0.25, 0.3) is 0 Å². The Hall–Kier alpha value is -0.710. The molecule has 1 amide bonds. The van der Waals surface area contributed by atoms with Gasteiger partial charge in [-0.1, -0.05) is 11.6 Å². The zero-order valence-electron chi connectivity index (χ0n) is 12.0. The summed E-state index contributed by atoms with van der Waals surface area (Å²) in [7, 11) is 0. The molecule has 1 aliphatic rings. The Labute approximate surface area is 129 Å². The van der Waals surface area contributed by atoms with Crippen molar-refractivity contribution in [3.8, 4) is 0 Å². The van der Waals surface area contributed by atoms with Gasteiger partial charge in [-0.3, -0.25) is 4.79 Å². The van der Waals surface area contributed by atoms with E-state index in [4.69, 9.17) is 16.3 Å². The molecule has 1 aliphatic heterocycles. The third-order valence-corrected chi connectivity index (χ3v) is 4.56. The van der Waals surface area contributed by atoms with E-state index in [1.807, 2.05) is 49.9 Å². The Kier molecular flexibility index (Phi) is 5.35. The summed E-state index contributed by atoms with van der Waals surface area (Å²) in [4.78, 5) is 15.5. The van der Waals surface area contributed by atoms with Gasteiger partial charge in [-0.25, -0.2) is 0 Å². The maximum absolute atomic E-state index is 12.5. The number of morpholine rings is 1. The number of benzene rings is 1. The molecule has 0 saturated carbocycles. The van der Waals surface area contributed by atoms with Crippen molar-refractivity contribution in [2.24, 2.45) is 0 Å². The summed E-state index contributed by atoms with van der Waals surface area (Å²) >= 11 is 7.43. The van der Waals surface area contributed by atoms with Gasteiger partial charge in [0, 0.05) is 23.0 Å². The lowest BCUT2D eigenvalue weighted by Crippen LogP contribution is -2.50. The Balaban J connectivity index is 1.96. The second-order valence-electron chi connectivity index (χ2n) is 5.21. The van der Waals surface area contributed by atoms with Crippen LogP contribution in [0.3, 0.4) is 0 Å². The average molecular weight is 314 g/mol. The standard InChI is InChI=1S/C15H20ClNO2S/c1-10-8-17(9-11(2)19-10)15(18)12(3)20-14-6-4-13(16)5-7-14/h4-7,10-12H,8-9H2,1-3H3. The number of amides is 1. The van der Waals surface area contributed by atoms with Crippen molar-refractivity contribution in [2.45, 2.75) is 43.1 Å². The molecular weight excluding hydrogens is 294 g/mol. The van der Waals surface area contributed by atoms with Crippen LogP contribution in [0, 0.1) is 0 Å². The summed E-state index contributed by atoms with van der Waals surface area (Å²) in [5.74, 6) is 0.173. The van der Waals surface area contributed by atoms with E-state index in [-0.39, 0.29) is 23.4 Å². The smallest absolute Gasteiger partial charge is 0.235 e. The fourth-order valence-electron chi connectivity index (χ4n) is 2.38. The van der Waals surface area contributed by atoms with Gasteiger partial charge in [0.2, 0.25) is 5.91 Å². The largest absolute Gasteiger partial charge is 0.372 e. The van der Waals surface area contributed by atoms with Crippen LogP contribution in [0.15, 0.2) is 29.2 Å². The first kappa shape index (κ1) is 15.7. The lowest BCUT2D eigenvalue weighted by molar-refractivity contribution is -0.142. The second kappa shape index (κ2) is 6.83. The number of hydrogen-bond donors (Lipinski definition) is 0.